The zero-order valence-electron chi connectivity index (χ0n) is 15.2. The number of nitrogens with one attached hydrogen (secondary N) is 1. The lowest BCUT2D eigenvalue weighted by atomic mass is 9.89. The van der Waals surface area contributed by atoms with Crippen LogP contribution >= 0.6 is 0 Å². The average molecular weight is 404 g/mol. The van der Waals surface area contributed by atoms with Gasteiger partial charge in [-0.2, -0.15) is 5.10 Å². The van der Waals surface area contributed by atoms with Gasteiger partial charge in [0.05, 0.1) is 5.56 Å². The summed E-state index contributed by atoms with van der Waals surface area (Å²) in [6, 6.07) is 5.19. The number of carbonyl (C=O) groups excluding carboxylic acids is 1. The highest BCUT2D eigenvalue weighted by Gasteiger charge is 2.47. The molecule has 4 N–H and O–H groups in total. The second-order valence-electron chi connectivity index (χ2n) is 6.94. The number of rotatable bonds is 2. The number of amides is 1. The van der Waals surface area contributed by atoms with Crippen molar-refractivity contribution in [2.45, 2.75) is 17.7 Å². The number of nitrogens with two attached hydrogens (primary N) is 1. The van der Waals surface area contributed by atoms with Gasteiger partial charge in [-0.3, -0.25) is 9.48 Å². The molecule has 3 aromatic rings. The van der Waals surface area contributed by atoms with E-state index in [1.165, 1.54) is 25.2 Å². The Hall–Kier alpha value is -2.98. The molecule has 0 saturated carbocycles. The van der Waals surface area contributed by atoms with Crippen LogP contribution in [0.25, 0.3) is 10.9 Å². The molecule has 1 atom stereocenters. The molecule has 0 spiro atoms. The van der Waals surface area contributed by atoms with Crippen LogP contribution in [0.3, 0.4) is 0 Å². The van der Waals surface area contributed by atoms with Crippen LogP contribution in [0.1, 0.15) is 27.0 Å². The van der Waals surface area contributed by atoms with Crippen molar-refractivity contribution in [1.29, 1.82) is 0 Å². The van der Waals surface area contributed by atoms with Crippen LogP contribution < -0.4 is 11.1 Å². The van der Waals surface area contributed by atoms with Crippen LogP contribution in [-0.4, -0.2) is 35.5 Å². The summed E-state index contributed by atoms with van der Waals surface area (Å²) in [5, 5.41) is 18.0. The van der Waals surface area contributed by atoms with Gasteiger partial charge in [0.15, 0.2) is 20.6 Å². The van der Waals surface area contributed by atoms with Crippen LogP contribution in [0.4, 0.5) is 10.1 Å². The summed E-state index contributed by atoms with van der Waals surface area (Å²) in [6.45, 7) is 1.66. The van der Waals surface area contributed by atoms with E-state index in [0.29, 0.717) is 5.56 Å². The van der Waals surface area contributed by atoms with Crippen molar-refractivity contribution in [3.8, 4) is 0 Å². The Morgan fingerprint density at radius 3 is 2.64 bits per heavy atom. The number of fused-ring (bicyclic) bond motifs is 3. The first-order valence-electron chi connectivity index (χ1n) is 8.26. The molecular weight excluding hydrogens is 387 g/mol. The molecule has 1 amide bonds. The Balaban J connectivity index is 2.12. The van der Waals surface area contributed by atoms with Crippen molar-refractivity contribution >= 4 is 32.3 Å². The van der Waals surface area contributed by atoms with E-state index in [9.17, 15) is 22.7 Å². The highest BCUT2D eigenvalue weighted by Crippen LogP contribution is 2.43. The maximum Gasteiger partial charge on any atom is 0.256 e. The van der Waals surface area contributed by atoms with E-state index in [0.717, 1.165) is 17.0 Å². The van der Waals surface area contributed by atoms with Gasteiger partial charge in [-0.25, -0.2) is 12.8 Å². The van der Waals surface area contributed by atoms with Crippen LogP contribution in [0.5, 0.6) is 0 Å². The minimum absolute atomic E-state index is 0.00934. The molecule has 0 radical (unpaired) electrons. The van der Waals surface area contributed by atoms with Crippen LogP contribution in [-0.2, 0) is 22.6 Å². The molecule has 1 aromatic heterocycles. The zero-order valence-corrected chi connectivity index (χ0v) is 16.1. The summed E-state index contributed by atoms with van der Waals surface area (Å²) in [5.74, 6) is -1.27. The number of nitrogens with zero attached hydrogens (tertiary/aromatic N) is 2. The molecule has 8 nitrogen and oxygen atoms in total. The molecule has 2 heterocycles. The molecule has 0 saturated heterocycles. The maximum atomic E-state index is 13.8. The summed E-state index contributed by atoms with van der Waals surface area (Å²) in [7, 11) is -2.22. The normalized spacial score (nSPS) is 19.1. The van der Waals surface area contributed by atoms with Crippen LogP contribution in [0, 0.1) is 12.7 Å². The van der Waals surface area contributed by atoms with Crippen molar-refractivity contribution in [3.05, 3.63) is 52.3 Å². The number of hydrogen-bond donors (Lipinski definition) is 3. The molecule has 0 bridgehead atoms. The van der Waals surface area contributed by atoms with Crippen LogP contribution in [0.2, 0.25) is 0 Å². The quantitative estimate of drug-likeness (QED) is 0.546. The van der Waals surface area contributed by atoms with Gasteiger partial charge in [0.25, 0.3) is 5.91 Å². The van der Waals surface area contributed by atoms with Gasteiger partial charge in [0.2, 0.25) is 0 Å². The standard InChI is InChI=1S/C18H17FN4O4S/c1-8-4-5-9(19)6-11(8)18(25)14-12(20)7-10-15(13(14)16(24)21-18)22-23(2)17(10)28(3,26)27/h4-7,25H,20H2,1-3H3,(H,21,24). The first-order valence-corrected chi connectivity index (χ1v) is 10.2. The molecule has 1 unspecified atom stereocenters. The van der Waals surface area contributed by atoms with E-state index < -0.39 is 27.3 Å². The number of anilines is 1. The lowest BCUT2D eigenvalue weighted by Crippen LogP contribution is -2.41. The van der Waals surface area contributed by atoms with E-state index in [4.69, 9.17) is 5.73 Å². The van der Waals surface area contributed by atoms with Crippen molar-refractivity contribution in [3.63, 3.8) is 0 Å². The molecule has 1 aliphatic rings. The minimum atomic E-state index is -3.66. The highest BCUT2D eigenvalue weighted by molar-refractivity contribution is 7.90. The summed E-state index contributed by atoms with van der Waals surface area (Å²) in [5.41, 5.74) is 4.81. The lowest BCUT2D eigenvalue weighted by Gasteiger charge is -2.27. The second-order valence-corrected chi connectivity index (χ2v) is 8.87. The number of carbonyl (C=O) groups is 1. The number of aliphatic hydroxyl groups is 1. The molecule has 2 aromatic carbocycles. The largest absolute Gasteiger partial charge is 0.398 e. The fourth-order valence-corrected chi connectivity index (χ4v) is 4.93. The van der Waals surface area contributed by atoms with Crippen molar-refractivity contribution in [2.75, 3.05) is 12.0 Å². The first kappa shape index (κ1) is 18.4. The number of aryl methyl sites for hydroxylation is 2. The highest BCUT2D eigenvalue weighted by atomic mass is 32.2. The topological polar surface area (TPSA) is 127 Å². The van der Waals surface area contributed by atoms with Crippen LogP contribution in [0.15, 0.2) is 29.3 Å². The Morgan fingerprint density at radius 2 is 2.00 bits per heavy atom. The fraction of sp³-hybridized carbons (Fsp3) is 0.222. The molecular formula is C18H17FN4O4S. The Kier molecular flexibility index (Phi) is 3.62. The van der Waals surface area contributed by atoms with Gasteiger partial charge < -0.3 is 16.2 Å². The summed E-state index contributed by atoms with van der Waals surface area (Å²) in [6.07, 6.45) is 1.03. The summed E-state index contributed by atoms with van der Waals surface area (Å²) in [4.78, 5) is 12.8. The molecule has 28 heavy (non-hydrogen) atoms. The molecule has 10 heteroatoms. The number of nitrogen functional groups attached to an aromatic ring is 1. The monoisotopic (exact) mass is 404 g/mol. The number of benzene rings is 2. The molecule has 4 rings (SSSR count). The van der Waals surface area contributed by atoms with Gasteiger partial charge >= 0.3 is 0 Å². The van der Waals surface area contributed by atoms with Crippen molar-refractivity contribution in [1.82, 2.24) is 15.1 Å². The predicted molar refractivity (Wildman–Crippen MR) is 99.8 cm³/mol. The van der Waals surface area contributed by atoms with Crippen molar-refractivity contribution in [2.24, 2.45) is 7.05 Å². The van der Waals surface area contributed by atoms with E-state index in [1.807, 2.05) is 0 Å². The zero-order chi connectivity index (χ0) is 20.6. The predicted octanol–water partition coefficient (Wildman–Crippen LogP) is 0.943. The summed E-state index contributed by atoms with van der Waals surface area (Å²) < 4.78 is 39.3. The van der Waals surface area contributed by atoms with E-state index in [2.05, 4.69) is 10.4 Å². The van der Waals surface area contributed by atoms with Gasteiger partial charge in [-0.05, 0) is 30.7 Å². The lowest BCUT2D eigenvalue weighted by molar-refractivity contribution is 0.0474. The SMILES string of the molecule is Cc1ccc(F)cc1C1(O)NC(=O)c2c1c(N)cc1c(S(C)(=O)=O)n(C)nc21. The third-order valence-electron chi connectivity index (χ3n) is 4.93. The van der Waals surface area contributed by atoms with E-state index >= 15 is 0 Å². The van der Waals surface area contributed by atoms with Crippen molar-refractivity contribution < 1.29 is 22.7 Å². The second kappa shape index (κ2) is 5.52. The van der Waals surface area contributed by atoms with Gasteiger partial charge in [-0.1, -0.05) is 6.07 Å². The molecule has 0 fully saturated rings. The summed E-state index contributed by atoms with van der Waals surface area (Å²) >= 11 is 0. The Bertz CT molecular complexity index is 1300. The number of sulfone groups is 1. The van der Waals surface area contributed by atoms with Gasteiger partial charge in [0.1, 0.15) is 11.3 Å². The Morgan fingerprint density at radius 1 is 1.32 bits per heavy atom. The number of hydrogen-bond acceptors (Lipinski definition) is 6. The number of aromatic nitrogens is 2. The number of halogens is 1. The van der Waals surface area contributed by atoms with E-state index in [-0.39, 0.29) is 38.3 Å². The third-order valence-corrected chi connectivity index (χ3v) is 6.12. The minimum Gasteiger partial charge on any atom is -0.398 e. The van der Waals surface area contributed by atoms with Gasteiger partial charge in [0, 0.05) is 35.5 Å². The first-order chi connectivity index (χ1) is 12.9. The third kappa shape index (κ3) is 2.34. The fourth-order valence-electron chi connectivity index (χ4n) is 3.86. The Labute approximate surface area is 159 Å². The molecule has 0 aliphatic carbocycles. The van der Waals surface area contributed by atoms with Gasteiger partial charge in [-0.15, -0.1) is 0 Å². The molecule has 146 valence electrons. The smallest absolute Gasteiger partial charge is 0.256 e. The average Bonchev–Trinajstić information content (AvgIpc) is 3.04. The van der Waals surface area contributed by atoms with E-state index in [1.54, 1.807) is 6.92 Å². The molecule has 1 aliphatic heterocycles. The maximum absolute atomic E-state index is 13.8.